The number of rotatable bonds is 2. The monoisotopic (exact) mass is 477 g/mol. The molecular formula is C12H9I2N5. The highest BCUT2D eigenvalue weighted by molar-refractivity contribution is 14.1. The third kappa shape index (κ3) is 2.81. The van der Waals surface area contributed by atoms with Gasteiger partial charge in [0, 0.05) is 12.4 Å². The molecule has 0 atom stereocenters. The fourth-order valence-corrected chi connectivity index (χ4v) is 2.49. The Bertz CT molecular complexity index is 673. The van der Waals surface area contributed by atoms with Crippen LogP contribution in [0.15, 0.2) is 36.9 Å². The van der Waals surface area contributed by atoms with Crippen molar-refractivity contribution in [1.29, 1.82) is 0 Å². The second kappa shape index (κ2) is 5.19. The van der Waals surface area contributed by atoms with Gasteiger partial charge in [-0.15, -0.1) is 0 Å². The van der Waals surface area contributed by atoms with E-state index in [-0.39, 0.29) is 0 Å². The topological polar surface area (TPSA) is 48.5 Å². The van der Waals surface area contributed by atoms with Gasteiger partial charge in [-0.2, -0.15) is 10.2 Å². The Balaban J connectivity index is 2.10. The summed E-state index contributed by atoms with van der Waals surface area (Å²) in [6.45, 7) is 2.04. The molecule has 0 N–H and O–H groups in total. The molecule has 0 saturated carbocycles. The van der Waals surface area contributed by atoms with Gasteiger partial charge in [-0.05, 0) is 69.8 Å². The molecule has 0 spiro atoms. The molecule has 0 aliphatic carbocycles. The van der Waals surface area contributed by atoms with E-state index in [0.29, 0.717) is 0 Å². The molecule has 0 bridgehead atoms. The van der Waals surface area contributed by atoms with Crippen LogP contribution >= 0.6 is 45.2 Å². The molecule has 3 aromatic heterocycles. The first-order chi connectivity index (χ1) is 9.11. The second-order valence-corrected chi connectivity index (χ2v) is 6.56. The fourth-order valence-electron chi connectivity index (χ4n) is 1.72. The summed E-state index contributed by atoms with van der Waals surface area (Å²) < 4.78 is 5.70. The predicted molar refractivity (Wildman–Crippen MR) is 88.7 cm³/mol. The highest BCUT2D eigenvalue weighted by Crippen LogP contribution is 2.14. The summed E-state index contributed by atoms with van der Waals surface area (Å²) in [6, 6.07) is 4.00. The van der Waals surface area contributed by atoms with Gasteiger partial charge < -0.3 is 0 Å². The summed E-state index contributed by atoms with van der Waals surface area (Å²) >= 11 is 4.46. The van der Waals surface area contributed by atoms with E-state index in [1.54, 1.807) is 21.8 Å². The lowest BCUT2D eigenvalue weighted by atomic mass is 10.3. The third-order valence-electron chi connectivity index (χ3n) is 2.51. The van der Waals surface area contributed by atoms with Gasteiger partial charge in [0.15, 0.2) is 11.6 Å². The minimum atomic E-state index is 0.795. The van der Waals surface area contributed by atoms with Crippen molar-refractivity contribution in [3.05, 3.63) is 49.6 Å². The van der Waals surface area contributed by atoms with Crippen molar-refractivity contribution in [1.82, 2.24) is 24.5 Å². The molecule has 0 amide bonds. The molecule has 0 radical (unpaired) electrons. The minimum absolute atomic E-state index is 0.795. The van der Waals surface area contributed by atoms with Crippen molar-refractivity contribution < 1.29 is 0 Å². The smallest absolute Gasteiger partial charge is 0.156 e. The zero-order chi connectivity index (χ0) is 13.4. The summed E-state index contributed by atoms with van der Waals surface area (Å²) in [5.74, 6) is 1.59. The van der Waals surface area contributed by atoms with Crippen LogP contribution in [0.4, 0.5) is 0 Å². The number of hydrogen-bond donors (Lipinski definition) is 0. The number of aryl methyl sites for hydroxylation is 1. The van der Waals surface area contributed by atoms with Crippen LogP contribution in [0.3, 0.4) is 0 Å². The molecule has 3 rings (SSSR count). The van der Waals surface area contributed by atoms with Gasteiger partial charge in [0.25, 0.3) is 0 Å². The average molecular weight is 477 g/mol. The van der Waals surface area contributed by atoms with E-state index in [4.69, 9.17) is 0 Å². The van der Waals surface area contributed by atoms with Crippen LogP contribution < -0.4 is 0 Å². The Hall–Kier alpha value is -0.970. The predicted octanol–water partition coefficient (Wildman–Crippen LogP) is 2.97. The van der Waals surface area contributed by atoms with E-state index in [1.807, 2.05) is 31.5 Å². The molecule has 0 aromatic carbocycles. The van der Waals surface area contributed by atoms with Crippen molar-refractivity contribution in [2.75, 3.05) is 0 Å². The molecule has 3 heterocycles. The van der Waals surface area contributed by atoms with Crippen LogP contribution in [0.2, 0.25) is 0 Å². The molecule has 3 aromatic rings. The van der Waals surface area contributed by atoms with Crippen LogP contribution in [-0.2, 0) is 0 Å². The maximum Gasteiger partial charge on any atom is 0.156 e. The van der Waals surface area contributed by atoms with Crippen molar-refractivity contribution in [2.45, 2.75) is 6.92 Å². The number of aromatic nitrogens is 5. The molecule has 5 nitrogen and oxygen atoms in total. The average Bonchev–Trinajstić information content (AvgIpc) is 2.97. The molecule has 0 aliphatic rings. The Labute approximate surface area is 137 Å². The van der Waals surface area contributed by atoms with E-state index in [2.05, 4.69) is 60.4 Å². The van der Waals surface area contributed by atoms with E-state index in [9.17, 15) is 0 Å². The maximum absolute atomic E-state index is 4.60. The third-order valence-corrected chi connectivity index (χ3v) is 3.63. The lowest BCUT2D eigenvalue weighted by Gasteiger charge is -2.06. The molecule has 0 aliphatic heterocycles. The Morgan fingerprint density at radius 2 is 1.37 bits per heavy atom. The largest absolute Gasteiger partial charge is 0.221 e. The van der Waals surface area contributed by atoms with Crippen LogP contribution in [0.1, 0.15) is 5.56 Å². The quantitative estimate of drug-likeness (QED) is 0.534. The van der Waals surface area contributed by atoms with Gasteiger partial charge in [-0.1, -0.05) is 0 Å². The number of pyridine rings is 1. The Morgan fingerprint density at radius 3 is 1.74 bits per heavy atom. The van der Waals surface area contributed by atoms with Crippen molar-refractivity contribution in [3.63, 3.8) is 0 Å². The molecule has 19 heavy (non-hydrogen) atoms. The highest BCUT2D eigenvalue weighted by atomic mass is 127. The van der Waals surface area contributed by atoms with Gasteiger partial charge >= 0.3 is 0 Å². The summed E-state index contributed by atoms with van der Waals surface area (Å²) in [5, 5.41) is 8.57. The van der Waals surface area contributed by atoms with Crippen LogP contribution in [0, 0.1) is 14.1 Å². The highest BCUT2D eigenvalue weighted by Gasteiger charge is 2.06. The van der Waals surface area contributed by atoms with Crippen LogP contribution in [0.5, 0.6) is 0 Å². The SMILES string of the molecule is Cc1cc(-n2cc(I)cn2)nc(-n2cc(I)cn2)c1. The van der Waals surface area contributed by atoms with Crippen molar-refractivity contribution in [2.24, 2.45) is 0 Å². The first kappa shape index (κ1) is 13.0. The molecule has 0 unspecified atom stereocenters. The van der Waals surface area contributed by atoms with Gasteiger partial charge in [-0.25, -0.2) is 14.3 Å². The number of halogens is 2. The molecule has 96 valence electrons. The number of nitrogens with zero attached hydrogens (tertiary/aromatic N) is 5. The lowest BCUT2D eigenvalue weighted by molar-refractivity contribution is 0.801. The number of hydrogen-bond acceptors (Lipinski definition) is 3. The Kier molecular flexibility index (Phi) is 3.56. The molecular weight excluding hydrogens is 468 g/mol. The molecule has 7 heteroatoms. The second-order valence-electron chi connectivity index (χ2n) is 4.07. The summed E-state index contributed by atoms with van der Waals surface area (Å²) in [5.41, 5.74) is 1.12. The summed E-state index contributed by atoms with van der Waals surface area (Å²) in [4.78, 5) is 4.60. The van der Waals surface area contributed by atoms with E-state index >= 15 is 0 Å². The summed E-state index contributed by atoms with van der Waals surface area (Å²) in [7, 11) is 0. The van der Waals surface area contributed by atoms with Gasteiger partial charge in [0.2, 0.25) is 0 Å². The standard InChI is InChI=1S/C12H9I2N5/c1-8-2-11(18-6-9(13)4-15-18)17-12(3-8)19-7-10(14)5-16-19/h2-7H,1H3. The van der Waals surface area contributed by atoms with Gasteiger partial charge in [0.1, 0.15) is 0 Å². The van der Waals surface area contributed by atoms with Crippen LogP contribution in [0.25, 0.3) is 11.6 Å². The maximum atomic E-state index is 4.60. The minimum Gasteiger partial charge on any atom is -0.221 e. The normalized spacial score (nSPS) is 10.9. The van der Waals surface area contributed by atoms with E-state index in [1.165, 1.54) is 0 Å². The van der Waals surface area contributed by atoms with Gasteiger partial charge in [0.05, 0.1) is 19.5 Å². The van der Waals surface area contributed by atoms with E-state index < -0.39 is 0 Å². The zero-order valence-corrected chi connectivity index (χ0v) is 14.3. The van der Waals surface area contributed by atoms with E-state index in [0.717, 1.165) is 24.3 Å². The molecule has 0 saturated heterocycles. The molecule has 0 fully saturated rings. The fraction of sp³-hybridized carbons (Fsp3) is 0.0833. The zero-order valence-electron chi connectivity index (χ0n) is 9.96. The first-order valence-corrected chi connectivity index (χ1v) is 7.67. The van der Waals surface area contributed by atoms with Crippen molar-refractivity contribution >= 4 is 45.2 Å². The first-order valence-electron chi connectivity index (χ1n) is 5.51. The lowest BCUT2D eigenvalue weighted by Crippen LogP contribution is -2.04. The van der Waals surface area contributed by atoms with Gasteiger partial charge in [-0.3, -0.25) is 0 Å². The summed E-state index contributed by atoms with van der Waals surface area (Å²) in [6.07, 6.45) is 7.50. The van der Waals surface area contributed by atoms with Crippen LogP contribution in [-0.4, -0.2) is 24.5 Å². The van der Waals surface area contributed by atoms with Crippen molar-refractivity contribution in [3.8, 4) is 11.6 Å². The Morgan fingerprint density at radius 1 is 0.895 bits per heavy atom.